The summed E-state index contributed by atoms with van der Waals surface area (Å²) in [6, 6.07) is 5.96. The van der Waals surface area contributed by atoms with Crippen molar-refractivity contribution in [3.8, 4) is 16.9 Å². The van der Waals surface area contributed by atoms with Gasteiger partial charge in [-0.3, -0.25) is 9.78 Å². The standard InChI is InChI=1S/C26H34FNO5/c1-7-19(29)12-20(30)13-22(31)33-26-23(17-8-10-18(27)11-9-17)21(14-32-6)24(15(2)3)28-25(26)16(4)5/h7-11,15-16,19-20,29-30H,1,12-14H2,2-6H3. The third-order valence-corrected chi connectivity index (χ3v) is 5.23. The van der Waals surface area contributed by atoms with Gasteiger partial charge in [0.1, 0.15) is 5.82 Å². The van der Waals surface area contributed by atoms with Crippen LogP contribution in [0, 0.1) is 5.82 Å². The highest BCUT2D eigenvalue weighted by Gasteiger charge is 2.27. The maximum absolute atomic E-state index is 13.7. The second kappa shape index (κ2) is 12.0. The summed E-state index contributed by atoms with van der Waals surface area (Å²) < 4.78 is 24.9. The van der Waals surface area contributed by atoms with E-state index in [1.54, 1.807) is 19.2 Å². The molecular weight excluding hydrogens is 425 g/mol. The first-order valence-electron chi connectivity index (χ1n) is 11.1. The van der Waals surface area contributed by atoms with Gasteiger partial charge in [-0.05, 0) is 29.5 Å². The van der Waals surface area contributed by atoms with E-state index in [0.717, 1.165) is 11.3 Å². The zero-order chi connectivity index (χ0) is 24.7. The highest BCUT2D eigenvalue weighted by molar-refractivity contribution is 5.81. The second-order valence-electron chi connectivity index (χ2n) is 8.69. The van der Waals surface area contributed by atoms with E-state index in [2.05, 4.69) is 6.58 Å². The van der Waals surface area contributed by atoms with Crippen molar-refractivity contribution >= 4 is 5.97 Å². The van der Waals surface area contributed by atoms with E-state index >= 15 is 0 Å². The van der Waals surface area contributed by atoms with Gasteiger partial charge in [0.25, 0.3) is 0 Å². The van der Waals surface area contributed by atoms with Crippen LogP contribution in [0.1, 0.15) is 69.3 Å². The van der Waals surface area contributed by atoms with Crippen LogP contribution in [-0.4, -0.2) is 40.5 Å². The van der Waals surface area contributed by atoms with E-state index in [1.165, 1.54) is 18.2 Å². The molecule has 33 heavy (non-hydrogen) atoms. The number of aliphatic hydroxyl groups is 2. The molecule has 0 radical (unpaired) electrons. The van der Waals surface area contributed by atoms with Crippen LogP contribution >= 0.6 is 0 Å². The van der Waals surface area contributed by atoms with Gasteiger partial charge in [-0.1, -0.05) is 45.9 Å². The summed E-state index contributed by atoms with van der Waals surface area (Å²) in [5.74, 6) is -0.773. The molecule has 1 heterocycles. The summed E-state index contributed by atoms with van der Waals surface area (Å²) in [5, 5.41) is 19.8. The third kappa shape index (κ3) is 6.93. The molecule has 2 aromatic rings. The number of methoxy groups -OCH3 is 1. The molecule has 0 aliphatic heterocycles. The second-order valence-corrected chi connectivity index (χ2v) is 8.69. The van der Waals surface area contributed by atoms with Gasteiger partial charge in [0.05, 0.1) is 30.9 Å². The summed E-state index contributed by atoms with van der Waals surface area (Å²) in [4.78, 5) is 17.6. The molecule has 0 fully saturated rings. The number of nitrogens with zero attached hydrogens (tertiary/aromatic N) is 1. The fourth-order valence-electron chi connectivity index (χ4n) is 3.63. The Bertz CT molecular complexity index is 956. The lowest BCUT2D eigenvalue weighted by Crippen LogP contribution is -2.23. The van der Waals surface area contributed by atoms with Crippen molar-refractivity contribution in [1.82, 2.24) is 4.98 Å². The van der Waals surface area contributed by atoms with Gasteiger partial charge in [0, 0.05) is 30.4 Å². The average Bonchev–Trinajstić information content (AvgIpc) is 2.74. The Hall–Kier alpha value is -2.61. The van der Waals surface area contributed by atoms with Gasteiger partial charge in [-0.2, -0.15) is 0 Å². The molecule has 2 rings (SSSR count). The van der Waals surface area contributed by atoms with Crippen molar-refractivity contribution in [2.45, 2.75) is 71.2 Å². The predicted octanol–water partition coefficient (Wildman–Crippen LogP) is 4.87. The minimum Gasteiger partial charge on any atom is -0.424 e. The monoisotopic (exact) mass is 459 g/mol. The molecule has 0 bridgehead atoms. The summed E-state index contributed by atoms with van der Waals surface area (Å²) >= 11 is 0. The molecule has 180 valence electrons. The van der Waals surface area contributed by atoms with Crippen molar-refractivity contribution < 1.29 is 28.9 Å². The van der Waals surface area contributed by atoms with Crippen LogP contribution in [0.4, 0.5) is 4.39 Å². The number of halogens is 1. The highest BCUT2D eigenvalue weighted by atomic mass is 19.1. The van der Waals surface area contributed by atoms with Crippen LogP contribution in [0.5, 0.6) is 5.75 Å². The normalized spacial score (nSPS) is 13.3. The molecule has 0 amide bonds. The highest BCUT2D eigenvalue weighted by Crippen LogP contribution is 2.42. The number of aromatic nitrogens is 1. The number of aliphatic hydroxyl groups excluding tert-OH is 2. The van der Waals surface area contributed by atoms with Crippen molar-refractivity contribution in [2.75, 3.05) is 7.11 Å². The van der Waals surface area contributed by atoms with E-state index in [1.807, 2.05) is 27.7 Å². The Morgan fingerprint density at radius 1 is 1.12 bits per heavy atom. The van der Waals surface area contributed by atoms with E-state index in [4.69, 9.17) is 14.5 Å². The SMILES string of the molecule is C=CC(O)CC(O)CC(=O)Oc1c(C(C)C)nc(C(C)C)c(COC)c1-c1ccc(F)cc1. The van der Waals surface area contributed by atoms with Gasteiger partial charge >= 0.3 is 5.97 Å². The minimum atomic E-state index is -1.09. The van der Waals surface area contributed by atoms with E-state index in [9.17, 15) is 19.4 Å². The number of hydrogen-bond acceptors (Lipinski definition) is 6. The maximum Gasteiger partial charge on any atom is 0.313 e. The molecule has 6 nitrogen and oxygen atoms in total. The molecule has 1 aromatic heterocycles. The molecule has 1 aromatic carbocycles. The maximum atomic E-state index is 13.7. The quantitative estimate of drug-likeness (QED) is 0.368. The molecule has 0 aliphatic rings. The van der Waals surface area contributed by atoms with Gasteiger partial charge in [0.15, 0.2) is 5.75 Å². The number of ether oxygens (including phenoxy) is 2. The fourth-order valence-corrected chi connectivity index (χ4v) is 3.63. The van der Waals surface area contributed by atoms with Crippen molar-refractivity contribution in [1.29, 1.82) is 0 Å². The first kappa shape index (κ1) is 26.6. The van der Waals surface area contributed by atoms with Gasteiger partial charge in [0.2, 0.25) is 0 Å². The fraction of sp³-hybridized carbons (Fsp3) is 0.462. The van der Waals surface area contributed by atoms with Crippen molar-refractivity contribution in [3.63, 3.8) is 0 Å². The lowest BCUT2D eigenvalue weighted by Gasteiger charge is -2.24. The molecule has 0 aliphatic carbocycles. The number of hydrogen-bond donors (Lipinski definition) is 2. The first-order valence-corrected chi connectivity index (χ1v) is 11.1. The Labute approximate surface area is 195 Å². The molecule has 0 spiro atoms. The lowest BCUT2D eigenvalue weighted by molar-refractivity contribution is -0.136. The Balaban J connectivity index is 2.65. The van der Waals surface area contributed by atoms with Crippen LogP contribution in [0.2, 0.25) is 0 Å². The molecule has 2 N–H and O–H groups in total. The number of rotatable bonds is 11. The smallest absolute Gasteiger partial charge is 0.313 e. The van der Waals surface area contributed by atoms with Crippen LogP contribution < -0.4 is 4.74 Å². The first-order chi connectivity index (χ1) is 15.6. The summed E-state index contributed by atoms with van der Waals surface area (Å²) in [6.07, 6.45) is -1.06. The average molecular weight is 460 g/mol. The molecule has 0 saturated heterocycles. The molecule has 2 atom stereocenters. The predicted molar refractivity (Wildman–Crippen MR) is 126 cm³/mol. The zero-order valence-electron chi connectivity index (χ0n) is 20.0. The lowest BCUT2D eigenvalue weighted by atomic mass is 9.91. The Morgan fingerprint density at radius 2 is 1.73 bits per heavy atom. The number of esters is 1. The van der Waals surface area contributed by atoms with Crippen LogP contribution in [0.25, 0.3) is 11.1 Å². The Kier molecular flexibility index (Phi) is 9.70. The number of pyridine rings is 1. The largest absolute Gasteiger partial charge is 0.424 e. The van der Waals surface area contributed by atoms with E-state index in [0.29, 0.717) is 16.8 Å². The van der Waals surface area contributed by atoms with Crippen LogP contribution in [0.3, 0.4) is 0 Å². The minimum absolute atomic E-state index is 0.0279. The zero-order valence-corrected chi connectivity index (χ0v) is 20.0. The Morgan fingerprint density at radius 3 is 2.24 bits per heavy atom. The summed E-state index contributed by atoms with van der Waals surface area (Å²) in [5.41, 5.74) is 3.45. The third-order valence-electron chi connectivity index (χ3n) is 5.23. The molecule has 7 heteroatoms. The van der Waals surface area contributed by atoms with Crippen molar-refractivity contribution in [3.05, 3.63) is 59.7 Å². The number of carbonyl (C=O) groups excluding carboxylic acids is 1. The number of carbonyl (C=O) groups is 1. The van der Waals surface area contributed by atoms with Gasteiger partial charge < -0.3 is 19.7 Å². The molecule has 2 unspecified atom stereocenters. The van der Waals surface area contributed by atoms with E-state index in [-0.39, 0.29) is 42.9 Å². The van der Waals surface area contributed by atoms with E-state index < -0.39 is 18.2 Å². The summed E-state index contributed by atoms with van der Waals surface area (Å²) in [6.45, 7) is 11.6. The molecule has 0 saturated carbocycles. The number of benzene rings is 1. The van der Waals surface area contributed by atoms with Crippen LogP contribution in [0.15, 0.2) is 36.9 Å². The van der Waals surface area contributed by atoms with Gasteiger partial charge in [-0.15, -0.1) is 6.58 Å². The summed E-state index contributed by atoms with van der Waals surface area (Å²) in [7, 11) is 1.57. The van der Waals surface area contributed by atoms with Gasteiger partial charge in [-0.25, -0.2) is 4.39 Å². The topological polar surface area (TPSA) is 88.9 Å². The molecular formula is C26H34FNO5. The van der Waals surface area contributed by atoms with Crippen molar-refractivity contribution in [2.24, 2.45) is 0 Å². The van der Waals surface area contributed by atoms with Crippen LogP contribution in [-0.2, 0) is 16.1 Å².